The maximum Gasteiger partial charge on any atom is 0.0621 e. The molecule has 0 saturated carbocycles. The average Bonchev–Trinajstić information content (AvgIpc) is 2.72. The van der Waals surface area contributed by atoms with E-state index in [1.54, 1.807) is 0 Å². The molecule has 0 aliphatic carbocycles. The van der Waals surface area contributed by atoms with Gasteiger partial charge in [0.25, 0.3) is 0 Å². The second-order valence-corrected chi connectivity index (χ2v) is 3.81. The second-order valence-electron chi connectivity index (χ2n) is 3.81. The van der Waals surface area contributed by atoms with Crippen LogP contribution in [0.15, 0.2) is 18.5 Å². The molecule has 3 nitrogen and oxygen atoms in total. The topological polar surface area (TPSA) is 54.7 Å². The highest BCUT2D eigenvalue weighted by atomic mass is 14.9. The van der Waals surface area contributed by atoms with Crippen molar-refractivity contribution in [3.63, 3.8) is 0 Å². The molecule has 0 fully saturated rings. The Bertz CT molecular complexity index is 322. The number of aromatic nitrogens is 1. The number of rotatable bonds is 6. The van der Waals surface area contributed by atoms with E-state index >= 15 is 0 Å². The molecule has 0 bridgehead atoms. The lowest BCUT2D eigenvalue weighted by atomic mass is 10.1. The molecule has 1 rings (SSSR count). The van der Waals surface area contributed by atoms with Crippen molar-refractivity contribution in [2.24, 2.45) is 5.73 Å². The standard InChI is InChI=1S/C12H19N3/c1-2-12(14)11-6-9-15(10-11)8-5-3-4-7-13/h6,9-10,12H,2-5,8,14H2,1H3. The van der Waals surface area contributed by atoms with E-state index in [-0.39, 0.29) is 6.04 Å². The Labute approximate surface area is 91.5 Å². The molecule has 0 spiro atoms. The van der Waals surface area contributed by atoms with Crippen LogP contribution in [0.1, 0.15) is 44.2 Å². The smallest absolute Gasteiger partial charge is 0.0621 e. The Morgan fingerprint density at radius 1 is 1.53 bits per heavy atom. The van der Waals surface area contributed by atoms with Crippen LogP contribution in [-0.2, 0) is 6.54 Å². The van der Waals surface area contributed by atoms with Crippen LogP contribution < -0.4 is 5.73 Å². The van der Waals surface area contributed by atoms with Crippen molar-refractivity contribution >= 4 is 0 Å². The fourth-order valence-electron chi connectivity index (χ4n) is 1.55. The molecule has 0 saturated heterocycles. The summed E-state index contributed by atoms with van der Waals surface area (Å²) in [7, 11) is 0. The SMILES string of the molecule is CCC(N)c1ccn(CCCCC#N)c1. The highest BCUT2D eigenvalue weighted by Gasteiger charge is 2.04. The van der Waals surface area contributed by atoms with Crippen molar-refractivity contribution in [1.29, 1.82) is 5.26 Å². The molecule has 1 unspecified atom stereocenters. The highest BCUT2D eigenvalue weighted by Crippen LogP contribution is 2.14. The van der Waals surface area contributed by atoms with Gasteiger partial charge >= 0.3 is 0 Å². The molecule has 0 aliphatic rings. The molecule has 15 heavy (non-hydrogen) atoms. The molecule has 3 heteroatoms. The maximum atomic E-state index is 8.40. The van der Waals surface area contributed by atoms with E-state index in [4.69, 9.17) is 11.0 Å². The third-order valence-electron chi connectivity index (χ3n) is 2.60. The number of nitrogens with two attached hydrogens (primary N) is 1. The number of hydrogen-bond donors (Lipinski definition) is 1. The van der Waals surface area contributed by atoms with Crippen LogP contribution in [0.2, 0.25) is 0 Å². The third-order valence-corrected chi connectivity index (χ3v) is 2.60. The summed E-state index contributed by atoms with van der Waals surface area (Å²) in [6, 6.07) is 4.40. The molecular formula is C12H19N3. The van der Waals surface area contributed by atoms with Gasteiger partial charge in [0.05, 0.1) is 6.07 Å². The van der Waals surface area contributed by atoms with E-state index in [0.29, 0.717) is 6.42 Å². The van der Waals surface area contributed by atoms with Gasteiger partial charge in [-0.1, -0.05) is 6.92 Å². The molecule has 0 radical (unpaired) electrons. The Balaban J connectivity index is 2.36. The molecular weight excluding hydrogens is 186 g/mol. The van der Waals surface area contributed by atoms with E-state index in [9.17, 15) is 0 Å². The van der Waals surface area contributed by atoms with Crippen LogP contribution in [0.25, 0.3) is 0 Å². The van der Waals surface area contributed by atoms with Crippen molar-refractivity contribution in [2.45, 2.75) is 45.2 Å². The summed E-state index contributed by atoms with van der Waals surface area (Å²) in [6.07, 6.45) is 7.84. The fraction of sp³-hybridized carbons (Fsp3) is 0.583. The largest absolute Gasteiger partial charge is 0.354 e. The minimum atomic E-state index is 0.158. The first-order valence-corrected chi connectivity index (χ1v) is 5.56. The van der Waals surface area contributed by atoms with Gasteiger partial charge < -0.3 is 10.3 Å². The highest BCUT2D eigenvalue weighted by molar-refractivity contribution is 5.14. The average molecular weight is 205 g/mol. The van der Waals surface area contributed by atoms with E-state index in [2.05, 4.69) is 36.0 Å². The zero-order valence-corrected chi connectivity index (χ0v) is 9.32. The first-order chi connectivity index (χ1) is 7.27. The van der Waals surface area contributed by atoms with Gasteiger partial charge in [-0.2, -0.15) is 5.26 Å². The van der Waals surface area contributed by atoms with Crippen molar-refractivity contribution in [3.8, 4) is 6.07 Å². The Morgan fingerprint density at radius 2 is 2.33 bits per heavy atom. The molecule has 1 atom stereocenters. The van der Waals surface area contributed by atoms with Crippen molar-refractivity contribution in [2.75, 3.05) is 0 Å². The van der Waals surface area contributed by atoms with Gasteiger partial charge in [0.2, 0.25) is 0 Å². The molecule has 1 aromatic rings. The first-order valence-electron chi connectivity index (χ1n) is 5.56. The van der Waals surface area contributed by atoms with Gasteiger partial charge in [0, 0.05) is 31.4 Å². The van der Waals surface area contributed by atoms with Gasteiger partial charge in [-0.05, 0) is 30.9 Å². The first kappa shape index (κ1) is 11.8. The summed E-state index contributed by atoms with van der Waals surface area (Å²) in [5.74, 6) is 0. The molecule has 1 heterocycles. The summed E-state index contributed by atoms with van der Waals surface area (Å²) in [4.78, 5) is 0. The van der Waals surface area contributed by atoms with Gasteiger partial charge in [0.15, 0.2) is 0 Å². The van der Waals surface area contributed by atoms with E-state index < -0.39 is 0 Å². The Morgan fingerprint density at radius 3 is 3.00 bits per heavy atom. The van der Waals surface area contributed by atoms with Crippen LogP contribution >= 0.6 is 0 Å². The van der Waals surface area contributed by atoms with Gasteiger partial charge in [-0.3, -0.25) is 0 Å². The van der Waals surface area contributed by atoms with E-state index in [0.717, 1.165) is 25.8 Å². The Kier molecular flexibility index (Phi) is 4.92. The van der Waals surface area contributed by atoms with Crippen LogP contribution in [-0.4, -0.2) is 4.57 Å². The lowest BCUT2D eigenvalue weighted by Crippen LogP contribution is -2.07. The minimum absolute atomic E-state index is 0.158. The summed E-state index contributed by atoms with van der Waals surface area (Å²) < 4.78 is 2.15. The van der Waals surface area contributed by atoms with Crippen LogP contribution in [0.5, 0.6) is 0 Å². The zero-order valence-electron chi connectivity index (χ0n) is 9.32. The van der Waals surface area contributed by atoms with Crippen LogP contribution in [0.3, 0.4) is 0 Å². The number of aryl methyl sites for hydroxylation is 1. The van der Waals surface area contributed by atoms with Crippen LogP contribution in [0.4, 0.5) is 0 Å². The van der Waals surface area contributed by atoms with Crippen LogP contribution in [0, 0.1) is 11.3 Å². The van der Waals surface area contributed by atoms with Crippen molar-refractivity contribution in [3.05, 3.63) is 24.0 Å². The fourth-order valence-corrected chi connectivity index (χ4v) is 1.55. The normalized spacial score (nSPS) is 12.3. The number of nitriles is 1. The zero-order chi connectivity index (χ0) is 11.1. The maximum absolute atomic E-state index is 8.40. The number of nitrogens with zero attached hydrogens (tertiary/aromatic N) is 2. The van der Waals surface area contributed by atoms with Gasteiger partial charge in [0.1, 0.15) is 0 Å². The van der Waals surface area contributed by atoms with Crippen molar-refractivity contribution in [1.82, 2.24) is 4.57 Å². The summed E-state index contributed by atoms with van der Waals surface area (Å²) in [5, 5.41) is 8.40. The van der Waals surface area contributed by atoms with Crippen molar-refractivity contribution < 1.29 is 0 Å². The monoisotopic (exact) mass is 205 g/mol. The minimum Gasteiger partial charge on any atom is -0.354 e. The van der Waals surface area contributed by atoms with Gasteiger partial charge in [-0.25, -0.2) is 0 Å². The Hall–Kier alpha value is -1.27. The summed E-state index contributed by atoms with van der Waals surface area (Å²) >= 11 is 0. The molecule has 0 amide bonds. The molecule has 0 aliphatic heterocycles. The van der Waals surface area contributed by atoms with E-state index in [1.165, 1.54) is 5.56 Å². The quantitative estimate of drug-likeness (QED) is 0.726. The third kappa shape index (κ3) is 3.77. The lowest BCUT2D eigenvalue weighted by molar-refractivity contribution is 0.613. The predicted octanol–water partition coefficient (Wildman–Crippen LogP) is 2.59. The van der Waals surface area contributed by atoms with Gasteiger partial charge in [-0.15, -0.1) is 0 Å². The molecule has 82 valence electrons. The lowest BCUT2D eigenvalue weighted by Gasteiger charge is -2.05. The predicted molar refractivity (Wildman–Crippen MR) is 61.1 cm³/mol. The second kappa shape index (κ2) is 6.26. The summed E-state index contributed by atoms with van der Waals surface area (Å²) in [5.41, 5.74) is 7.13. The molecule has 1 aromatic heterocycles. The number of hydrogen-bond acceptors (Lipinski definition) is 2. The molecule has 0 aromatic carbocycles. The number of unbranched alkanes of at least 4 members (excludes halogenated alkanes) is 2. The van der Waals surface area contributed by atoms with E-state index in [1.807, 2.05) is 0 Å². The summed E-state index contributed by atoms with van der Waals surface area (Å²) in [6.45, 7) is 3.08. The molecule has 2 N–H and O–H groups in total.